The lowest BCUT2D eigenvalue weighted by Crippen LogP contribution is -2.01. The summed E-state index contributed by atoms with van der Waals surface area (Å²) in [4.78, 5) is 1.42. The predicted molar refractivity (Wildman–Crippen MR) is 79.4 cm³/mol. The fourth-order valence-corrected chi connectivity index (χ4v) is 3.82. The number of hydrogen-bond acceptors (Lipinski definition) is 3. The molecule has 0 spiro atoms. The molecular formula is C16H16N2S. The van der Waals surface area contributed by atoms with E-state index in [9.17, 15) is 5.26 Å². The Bertz CT molecular complexity index is 608. The zero-order valence-corrected chi connectivity index (χ0v) is 11.6. The Hall–Kier alpha value is -1.79. The first-order valence-electron chi connectivity index (χ1n) is 6.71. The molecule has 1 N–H and O–H groups in total. The van der Waals surface area contributed by atoms with Crippen molar-refractivity contribution < 1.29 is 0 Å². The molecule has 3 rings (SSSR count). The quantitative estimate of drug-likeness (QED) is 0.909. The highest BCUT2D eigenvalue weighted by Crippen LogP contribution is 2.37. The standard InChI is InChI=1S/C16H16N2S/c17-10-14-13-8-4-5-9-15(13)19-16(14)18-11-12-6-2-1-3-7-12/h1-3,6-7,18H,4-5,8-9,11H2. The largest absolute Gasteiger partial charge is 0.372 e. The van der Waals surface area contributed by atoms with Gasteiger partial charge in [0.2, 0.25) is 0 Å². The average molecular weight is 268 g/mol. The Morgan fingerprint density at radius 1 is 1.16 bits per heavy atom. The molecule has 0 amide bonds. The molecule has 0 atom stereocenters. The van der Waals surface area contributed by atoms with Gasteiger partial charge in [0.05, 0.1) is 5.56 Å². The van der Waals surface area contributed by atoms with Crippen LogP contribution in [0, 0.1) is 11.3 Å². The van der Waals surface area contributed by atoms with Crippen molar-refractivity contribution in [3.63, 3.8) is 0 Å². The van der Waals surface area contributed by atoms with Crippen molar-refractivity contribution in [3.8, 4) is 6.07 Å². The SMILES string of the molecule is N#Cc1c(NCc2ccccc2)sc2c1CCCC2. The Morgan fingerprint density at radius 3 is 2.74 bits per heavy atom. The summed E-state index contributed by atoms with van der Waals surface area (Å²) >= 11 is 1.77. The molecule has 1 aliphatic carbocycles. The van der Waals surface area contributed by atoms with Crippen LogP contribution in [0.2, 0.25) is 0 Å². The lowest BCUT2D eigenvalue weighted by Gasteiger charge is -2.09. The van der Waals surface area contributed by atoms with Crippen molar-refractivity contribution in [3.05, 3.63) is 51.9 Å². The van der Waals surface area contributed by atoms with Gasteiger partial charge < -0.3 is 5.32 Å². The van der Waals surface area contributed by atoms with Crippen LogP contribution in [0.5, 0.6) is 0 Å². The molecule has 1 aromatic heterocycles. The molecule has 2 aromatic rings. The number of nitriles is 1. The lowest BCUT2D eigenvalue weighted by atomic mass is 9.96. The van der Waals surface area contributed by atoms with Gasteiger partial charge >= 0.3 is 0 Å². The third-order valence-corrected chi connectivity index (χ3v) is 4.83. The number of rotatable bonds is 3. The third kappa shape index (κ3) is 2.50. The van der Waals surface area contributed by atoms with Gasteiger partial charge in [-0.2, -0.15) is 5.26 Å². The van der Waals surface area contributed by atoms with E-state index in [0.29, 0.717) is 0 Å². The summed E-state index contributed by atoms with van der Waals surface area (Å²) in [6.07, 6.45) is 4.69. The number of fused-ring (bicyclic) bond motifs is 1. The molecule has 0 fully saturated rings. The summed E-state index contributed by atoms with van der Waals surface area (Å²) in [7, 11) is 0. The van der Waals surface area contributed by atoms with E-state index in [1.807, 2.05) is 18.2 Å². The van der Waals surface area contributed by atoms with E-state index in [1.54, 1.807) is 11.3 Å². The van der Waals surface area contributed by atoms with Crippen molar-refractivity contribution in [1.29, 1.82) is 5.26 Å². The summed E-state index contributed by atoms with van der Waals surface area (Å²) in [6, 6.07) is 12.7. The molecule has 2 nitrogen and oxygen atoms in total. The van der Waals surface area contributed by atoms with Crippen LogP contribution in [-0.4, -0.2) is 0 Å². The highest BCUT2D eigenvalue weighted by molar-refractivity contribution is 7.16. The first-order valence-corrected chi connectivity index (χ1v) is 7.52. The first kappa shape index (κ1) is 12.3. The van der Waals surface area contributed by atoms with Crippen molar-refractivity contribution in [2.75, 3.05) is 5.32 Å². The molecule has 1 aromatic carbocycles. The normalized spacial score (nSPS) is 13.6. The second-order valence-electron chi connectivity index (χ2n) is 4.87. The van der Waals surface area contributed by atoms with Crippen LogP contribution in [0.4, 0.5) is 5.00 Å². The number of benzene rings is 1. The van der Waals surface area contributed by atoms with Crippen molar-refractivity contribution in [2.45, 2.75) is 32.2 Å². The third-order valence-electron chi connectivity index (χ3n) is 3.58. The molecule has 0 bridgehead atoms. The van der Waals surface area contributed by atoms with Gasteiger partial charge in [-0.1, -0.05) is 30.3 Å². The first-order chi connectivity index (χ1) is 9.38. The smallest absolute Gasteiger partial charge is 0.107 e. The summed E-state index contributed by atoms with van der Waals surface area (Å²) in [5.74, 6) is 0. The second kappa shape index (κ2) is 5.46. The van der Waals surface area contributed by atoms with E-state index in [-0.39, 0.29) is 0 Å². The van der Waals surface area contributed by atoms with Crippen LogP contribution >= 0.6 is 11.3 Å². The van der Waals surface area contributed by atoms with Gasteiger partial charge in [-0.15, -0.1) is 11.3 Å². The zero-order valence-electron chi connectivity index (χ0n) is 10.8. The molecule has 1 aliphatic rings. The van der Waals surface area contributed by atoms with Crippen molar-refractivity contribution >= 4 is 16.3 Å². The monoisotopic (exact) mass is 268 g/mol. The number of nitrogens with one attached hydrogen (secondary N) is 1. The Kier molecular flexibility index (Phi) is 3.52. The maximum Gasteiger partial charge on any atom is 0.107 e. The van der Waals surface area contributed by atoms with Crippen molar-refractivity contribution in [1.82, 2.24) is 0 Å². The summed E-state index contributed by atoms with van der Waals surface area (Å²) in [6.45, 7) is 0.787. The molecule has 0 saturated carbocycles. The summed E-state index contributed by atoms with van der Waals surface area (Å²) < 4.78 is 0. The number of nitrogens with zero attached hydrogens (tertiary/aromatic N) is 1. The topological polar surface area (TPSA) is 35.8 Å². The van der Waals surface area contributed by atoms with Gasteiger partial charge in [0.25, 0.3) is 0 Å². The van der Waals surface area contributed by atoms with Crippen LogP contribution in [0.1, 0.15) is 34.4 Å². The van der Waals surface area contributed by atoms with E-state index < -0.39 is 0 Å². The zero-order chi connectivity index (χ0) is 13.1. The van der Waals surface area contributed by atoms with Gasteiger partial charge in [0, 0.05) is 11.4 Å². The van der Waals surface area contributed by atoms with Crippen LogP contribution in [0.3, 0.4) is 0 Å². The molecule has 96 valence electrons. The maximum atomic E-state index is 9.38. The van der Waals surface area contributed by atoms with E-state index in [1.165, 1.54) is 28.8 Å². The van der Waals surface area contributed by atoms with Crippen LogP contribution in [0.25, 0.3) is 0 Å². The van der Waals surface area contributed by atoms with Gasteiger partial charge in [0.15, 0.2) is 0 Å². The fourth-order valence-electron chi connectivity index (χ4n) is 2.59. The molecule has 0 saturated heterocycles. The van der Waals surface area contributed by atoms with Gasteiger partial charge in [-0.25, -0.2) is 0 Å². The molecule has 3 heteroatoms. The highest BCUT2D eigenvalue weighted by Gasteiger charge is 2.20. The van der Waals surface area contributed by atoms with Gasteiger partial charge in [-0.05, 0) is 36.8 Å². The Balaban J connectivity index is 1.81. The Labute approximate surface area is 117 Å². The maximum absolute atomic E-state index is 9.38. The van der Waals surface area contributed by atoms with Crippen LogP contribution in [-0.2, 0) is 19.4 Å². The van der Waals surface area contributed by atoms with E-state index in [0.717, 1.165) is 30.0 Å². The van der Waals surface area contributed by atoms with Crippen LogP contribution in [0.15, 0.2) is 30.3 Å². The Morgan fingerprint density at radius 2 is 1.95 bits per heavy atom. The minimum Gasteiger partial charge on any atom is -0.372 e. The number of hydrogen-bond donors (Lipinski definition) is 1. The van der Waals surface area contributed by atoms with Crippen molar-refractivity contribution in [2.24, 2.45) is 0 Å². The predicted octanol–water partition coefficient (Wildman–Crippen LogP) is 4.11. The minimum absolute atomic E-state index is 0.787. The number of aryl methyl sites for hydroxylation is 1. The summed E-state index contributed by atoms with van der Waals surface area (Å²) in [5.41, 5.74) is 3.43. The second-order valence-corrected chi connectivity index (χ2v) is 5.97. The highest BCUT2D eigenvalue weighted by atomic mass is 32.1. The molecule has 1 heterocycles. The van der Waals surface area contributed by atoms with E-state index >= 15 is 0 Å². The van der Waals surface area contributed by atoms with Gasteiger partial charge in [-0.3, -0.25) is 0 Å². The minimum atomic E-state index is 0.787. The number of anilines is 1. The van der Waals surface area contributed by atoms with E-state index in [2.05, 4.69) is 23.5 Å². The molecule has 0 aliphatic heterocycles. The summed E-state index contributed by atoms with van der Waals surface area (Å²) in [5, 5.41) is 13.9. The molecule has 0 radical (unpaired) electrons. The van der Waals surface area contributed by atoms with Gasteiger partial charge in [0.1, 0.15) is 11.1 Å². The molecule has 19 heavy (non-hydrogen) atoms. The van der Waals surface area contributed by atoms with Crippen LogP contribution < -0.4 is 5.32 Å². The van der Waals surface area contributed by atoms with E-state index in [4.69, 9.17) is 0 Å². The lowest BCUT2D eigenvalue weighted by molar-refractivity contribution is 0.696. The molecular weight excluding hydrogens is 252 g/mol. The fraction of sp³-hybridized carbons (Fsp3) is 0.312. The average Bonchev–Trinajstić information content (AvgIpc) is 2.83. The molecule has 0 unspecified atom stereocenters. The number of thiophene rings is 1.